The second-order valence-corrected chi connectivity index (χ2v) is 10.9. The largest absolute Gasteiger partial charge is 0.494 e. The van der Waals surface area contributed by atoms with E-state index in [4.69, 9.17) is 9.72 Å². The van der Waals surface area contributed by atoms with Gasteiger partial charge in [0.2, 0.25) is 5.91 Å². The second-order valence-electron chi connectivity index (χ2n) is 10.9. The van der Waals surface area contributed by atoms with Gasteiger partial charge in [0.25, 0.3) is 5.56 Å². The lowest BCUT2D eigenvalue weighted by Gasteiger charge is -2.31. The molecule has 4 rings (SSSR count). The second kappa shape index (κ2) is 10.5. The minimum atomic E-state index is -0.519. The van der Waals surface area contributed by atoms with Crippen molar-refractivity contribution in [1.82, 2.24) is 19.8 Å². The summed E-state index contributed by atoms with van der Waals surface area (Å²) < 4.78 is 20.6. The number of methoxy groups -OCH3 is 1. The molecule has 0 radical (unpaired) electrons. The molecule has 2 aromatic carbocycles. The van der Waals surface area contributed by atoms with Crippen molar-refractivity contribution in [3.63, 3.8) is 0 Å². The Morgan fingerprint density at radius 3 is 2.62 bits per heavy atom. The lowest BCUT2D eigenvalue weighted by atomic mass is 9.92. The van der Waals surface area contributed by atoms with Crippen LogP contribution in [0.15, 0.2) is 41.2 Å². The molecule has 0 bridgehead atoms. The molecule has 2 heterocycles. The van der Waals surface area contributed by atoms with Crippen molar-refractivity contribution in [3.05, 3.63) is 52.6 Å². The van der Waals surface area contributed by atoms with Gasteiger partial charge in [0.15, 0.2) is 11.6 Å². The number of halogens is 1. The molecular formula is C28H36FN5O3. The number of benzene rings is 2. The first-order valence-electron chi connectivity index (χ1n) is 12.6. The fourth-order valence-corrected chi connectivity index (χ4v) is 5.05. The normalized spacial score (nSPS) is 16.2. The van der Waals surface area contributed by atoms with Gasteiger partial charge in [-0.1, -0.05) is 13.8 Å². The SMILES string of the molecule is COc1cc(-c2nc3ccc(N4CCN(C)CC(C)(C)C4)cc3c(=O)n2CC(=O)NC(C)C)ccc1F. The molecule has 1 saturated heterocycles. The van der Waals surface area contributed by atoms with E-state index in [2.05, 4.69) is 36.0 Å². The minimum Gasteiger partial charge on any atom is -0.494 e. The van der Waals surface area contributed by atoms with Gasteiger partial charge < -0.3 is 19.9 Å². The highest BCUT2D eigenvalue weighted by Gasteiger charge is 2.28. The van der Waals surface area contributed by atoms with Gasteiger partial charge in [0.05, 0.1) is 18.0 Å². The summed E-state index contributed by atoms with van der Waals surface area (Å²) in [6.07, 6.45) is 0. The van der Waals surface area contributed by atoms with Gasteiger partial charge in [-0.3, -0.25) is 14.2 Å². The van der Waals surface area contributed by atoms with E-state index in [-0.39, 0.29) is 41.0 Å². The van der Waals surface area contributed by atoms with Gasteiger partial charge >= 0.3 is 0 Å². The Bertz CT molecular complexity index is 1370. The third kappa shape index (κ3) is 5.93. The third-order valence-electron chi connectivity index (χ3n) is 6.53. The molecular weight excluding hydrogens is 473 g/mol. The smallest absolute Gasteiger partial charge is 0.262 e. The highest BCUT2D eigenvalue weighted by molar-refractivity contribution is 5.85. The first kappa shape index (κ1) is 26.6. The lowest BCUT2D eigenvalue weighted by molar-refractivity contribution is -0.122. The number of carbonyl (C=O) groups is 1. The topological polar surface area (TPSA) is 79.7 Å². The van der Waals surface area contributed by atoms with Crippen molar-refractivity contribution < 1.29 is 13.9 Å². The summed E-state index contributed by atoms with van der Waals surface area (Å²) >= 11 is 0. The Labute approximate surface area is 217 Å². The zero-order valence-electron chi connectivity index (χ0n) is 22.5. The Balaban J connectivity index is 1.85. The summed E-state index contributed by atoms with van der Waals surface area (Å²) in [7, 11) is 3.50. The molecule has 1 aliphatic rings. The molecule has 198 valence electrons. The molecule has 37 heavy (non-hydrogen) atoms. The van der Waals surface area contributed by atoms with Crippen LogP contribution in [-0.4, -0.2) is 66.7 Å². The molecule has 1 amide bonds. The van der Waals surface area contributed by atoms with Crippen molar-refractivity contribution >= 4 is 22.5 Å². The number of carbonyl (C=O) groups excluding carboxylic acids is 1. The fourth-order valence-electron chi connectivity index (χ4n) is 5.05. The molecule has 1 N–H and O–H groups in total. The van der Waals surface area contributed by atoms with Gasteiger partial charge in [0.1, 0.15) is 12.4 Å². The molecule has 3 aromatic rings. The molecule has 0 aliphatic carbocycles. The van der Waals surface area contributed by atoms with Gasteiger partial charge in [-0.2, -0.15) is 0 Å². The van der Waals surface area contributed by atoms with Crippen LogP contribution in [-0.2, 0) is 11.3 Å². The number of nitrogens with one attached hydrogen (secondary N) is 1. The van der Waals surface area contributed by atoms with Crippen LogP contribution in [0.1, 0.15) is 27.7 Å². The van der Waals surface area contributed by atoms with Crippen molar-refractivity contribution in [2.45, 2.75) is 40.3 Å². The molecule has 1 fully saturated rings. The van der Waals surface area contributed by atoms with Crippen LogP contribution in [0, 0.1) is 11.2 Å². The summed E-state index contributed by atoms with van der Waals surface area (Å²) in [4.78, 5) is 36.0. The van der Waals surface area contributed by atoms with E-state index in [0.29, 0.717) is 16.5 Å². The van der Waals surface area contributed by atoms with Gasteiger partial charge in [-0.25, -0.2) is 9.37 Å². The number of amides is 1. The lowest BCUT2D eigenvalue weighted by Crippen LogP contribution is -2.37. The van der Waals surface area contributed by atoms with E-state index in [1.54, 1.807) is 0 Å². The highest BCUT2D eigenvalue weighted by Crippen LogP contribution is 2.29. The number of fused-ring (bicyclic) bond motifs is 1. The van der Waals surface area contributed by atoms with Gasteiger partial charge in [-0.05, 0) is 62.7 Å². The van der Waals surface area contributed by atoms with Crippen molar-refractivity contribution in [2.24, 2.45) is 5.41 Å². The van der Waals surface area contributed by atoms with E-state index >= 15 is 0 Å². The Kier molecular flexibility index (Phi) is 7.54. The zero-order valence-corrected chi connectivity index (χ0v) is 22.5. The van der Waals surface area contributed by atoms with E-state index in [1.807, 2.05) is 32.0 Å². The number of anilines is 1. The average molecular weight is 510 g/mol. The molecule has 9 heteroatoms. The summed E-state index contributed by atoms with van der Waals surface area (Å²) in [6, 6.07) is 9.91. The average Bonchev–Trinajstić information content (AvgIpc) is 2.96. The first-order valence-corrected chi connectivity index (χ1v) is 12.6. The van der Waals surface area contributed by atoms with Crippen LogP contribution in [0.4, 0.5) is 10.1 Å². The summed E-state index contributed by atoms with van der Waals surface area (Å²) in [5, 5.41) is 3.27. The number of hydrogen-bond acceptors (Lipinski definition) is 6. The van der Waals surface area contributed by atoms with E-state index in [1.165, 1.54) is 29.9 Å². The number of hydrogen-bond donors (Lipinski definition) is 1. The predicted octanol–water partition coefficient (Wildman–Crippen LogP) is 3.51. The monoisotopic (exact) mass is 509 g/mol. The molecule has 1 aromatic heterocycles. The number of likely N-dealkylation sites (N-methyl/N-ethyl adjacent to an activating group) is 1. The zero-order chi connectivity index (χ0) is 26.9. The maximum atomic E-state index is 14.1. The van der Waals surface area contributed by atoms with Gasteiger partial charge in [-0.15, -0.1) is 0 Å². The van der Waals surface area contributed by atoms with Crippen LogP contribution >= 0.6 is 0 Å². The van der Waals surface area contributed by atoms with Crippen molar-refractivity contribution in [3.8, 4) is 17.1 Å². The first-order chi connectivity index (χ1) is 17.5. The molecule has 8 nitrogen and oxygen atoms in total. The molecule has 1 aliphatic heterocycles. The van der Waals surface area contributed by atoms with Crippen LogP contribution in [0.2, 0.25) is 0 Å². The van der Waals surface area contributed by atoms with Crippen LogP contribution in [0.3, 0.4) is 0 Å². The van der Waals surface area contributed by atoms with Crippen LogP contribution < -0.4 is 20.5 Å². The van der Waals surface area contributed by atoms with Gasteiger partial charge in [0, 0.05) is 43.5 Å². The quantitative estimate of drug-likeness (QED) is 0.548. The number of rotatable bonds is 6. The predicted molar refractivity (Wildman–Crippen MR) is 145 cm³/mol. The third-order valence-corrected chi connectivity index (χ3v) is 6.53. The highest BCUT2D eigenvalue weighted by atomic mass is 19.1. The van der Waals surface area contributed by atoms with E-state index in [9.17, 15) is 14.0 Å². The minimum absolute atomic E-state index is 0.0362. The van der Waals surface area contributed by atoms with E-state index < -0.39 is 5.82 Å². The Hall–Kier alpha value is -3.46. The Morgan fingerprint density at radius 1 is 1.16 bits per heavy atom. The summed E-state index contributed by atoms with van der Waals surface area (Å²) in [5.74, 6) is -0.509. The maximum absolute atomic E-state index is 14.1. The van der Waals surface area contributed by atoms with Crippen LogP contribution in [0.5, 0.6) is 5.75 Å². The maximum Gasteiger partial charge on any atom is 0.262 e. The standard InChI is InChI=1S/C28H36FN5O3/c1-18(2)30-25(35)15-34-26(19-7-9-22(29)24(13-19)37-6)31-23-10-8-20(14-21(23)27(34)36)33-12-11-32(5)16-28(3,4)17-33/h7-10,13-14,18H,11-12,15-17H2,1-6H3,(H,30,35). The van der Waals surface area contributed by atoms with E-state index in [0.717, 1.165) is 31.9 Å². The number of aromatic nitrogens is 2. The van der Waals surface area contributed by atoms with Crippen LogP contribution in [0.25, 0.3) is 22.3 Å². The van der Waals surface area contributed by atoms with Crippen molar-refractivity contribution in [1.29, 1.82) is 0 Å². The fraction of sp³-hybridized carbons (Fsp3) is 0.464. The number of ether oxygens (including phenoxy) is 1. The number of nitrogens with zero attached hydrogens (tertiary/aromatic N) is 4. The van der Waals surface area contributed by atoms with Crippen molar-refractivity contribution in [2.75, 3.05) is 45.2 Å². The summed E-state index contributed by atoms with van der Waals surface area (Å²) in [6.45, 7) is 11.6. The Morgan fingerprint density at radius 2 is 1.92 bits per heavy atom. The summed E-state index contributed by atoms with van der Waals surface area (Å²) in [5.41, 5.74) is 1.70. The molecule has 0 spiro atoms. The molecule has 0 unspecified atom stereocenters. The molecule has 0 saturated carbocycles. The molecule has 0 atom stereocenters.